The lowest BCUT2D eigenvalue weighted by atomic mass is 10.0. The number of ether oxygens (including phenoxy) is 2. The highest BCUT2D eigenvalue weighted by Gasteiger charge is 2.18. The minimum absolute atomic E-state index is 0. The second-order valence-electron chi connectivity index (χ2n) is 5.83. The molecule has 7 heteroatoms. The second-order valence-corrected chi connectivity index (χ2v) is 5.83. The summed E-state index contributed by atoms with van der Waals surface area (Å²) in [5.74, 6) is 1.77. The summed E-state index contributed by atoms with van der Waals surface area (Å²) in [4.78, 5) is 11.9. The largest absolute Gasteiger partial charge is 0.497 e. The minimum atomic E-state index is -0.836. The summed E-state index contributed by atoms with van der Waals surface area (Å²) in [6.07, 6.45) is 1.68. The van der Waals surface area contributed by atoms with Gasteiger partial charge in [0.25, 0.3) is 0 Å². The number of aliphatic hydroxyl groups is 1. The van der Waals surface area contributed by atoms with Crippen molar-refractivity contribution in [2.75, 3.05) is 33.9 Å². The fourth-order valence-corrected chi connectivity index (χ4v) is 2.80. The number of hydrogen-bond acceptors (Lipinski definition) is 5. The van der Waals surface area contributed by atoms with E-state index in [4.69, 9.17) is 9.47 Å². The lowest BCUT2D eigenvalue weighted by molar-refractivity contribution is -0.121. The zero-order chi connectivity index (χ0) is 16.7. The summed E-state index contributed by atoms with van der Waals surface area (Å²) in [5, 5.41) is 16.4. The van der Waals surface area contributed by atoms with Crippen LogP contribution in [-0.2, 0) is 4.79 Å². The van der Waals surface area contributed by atoms with Crippen LogP contribution in [0.2, 0.25) is 0 Å². The molecule has 0 aromatic heterocycles. The van der Waals surface area contributed by atoms with E-state index in [1.165, 1.54) is 0 Å². The van der Waals surface area contributed by atoms with Crippen molar-refractivity contribution < 1.29 is 19.4 Å². The van der Waals surface area contributed by atoms with Crippen molar-refractivity contribution in [3.8, 4) is 11.5 Å². The van der Waals surface area contributed by atoms with Crippen LogP contribution in [0.15, 0.2) is 18.2 Å². The number of aliphatic hydroxyl groups excluding tert-OH is 1. The molecule has 0 aliphatic carbocycles. The molecular formula is C17H27ClN2O4. The first-order valence-electron chi connectivity index (χ1n) is 8.01. The van der Waals surface area contributed by atoms with Gasteiger partial charge in [-0.3, -0.25) is 4.79 Å². The van der Waals surface area contributed by atoms with Crippen molar-refractivity contribution in [3.05, 3.63) is 23.8 Å². The molecular weight excluding hydrogens is 332 g/mol. The Labute approximate surface area is 149 Å². The van der Waals surface area contributed by atoms with Crippen LogP contribution in [0.3, 0.4) is 0 Å². The predicted octanol–water partition coefficient (Wildman–Crippen LogP) is 1.66. The Hall–Kier alpha value is -1.50. The maximum Gasteiger partial charge on any atom is 0.220 e. The Morgan fingerprint density at radius 3 is 2.83 bits per heavy atom. The van der Waals surface area contributed by atoms with Gasteiger partial charge in [-0.25, -0.2) is 0 Å². The Kier molecular flexibility index (Phi) is 8.89. The summed E-state index contributed by atoms with van der Waals surface area (Å²) >= 11 is 0. The predicted molar refractivity (Wildman–Crippen MR) is 95.0 cm³/mol. The molecule has 6 nitrogen and oxygen atoms in total. The van der Waals surface area contributed by atoms with Gasteiger partial charge in [0, 0.05) is 18.5 Å². The molecule has 0 spiro atoms. The molecule has 1 aromatic carbocycles. The number of methoxy groups -OCH3 is 2. The normalized spacial score (nSPS) is 17.7. The van der Waals surface area contributed by atoms with Crippen LogP contribution in [-0.4, -0.2) is 44.9 Å². The highest BCUT2D eigenvalue weighted by atomic mass is 35.5. The first-order valence-corrected chi connectivity index (χ1v) is 8.01. The highest BCUT2D eigenvalue weighted by Crippen LogP contribution is 2.29. The van der Waals surface area contributed by atoms with Gasteiger partial charge in [-0.1, -0.05) is 0 Å². The van der Waals surface area contributed by atoms with Gasteiger partial charge in [0.05, 0.1) is 20.3 Å². The van der Waals surface area contributed by atoms with Gasteiger partial charge < -0.3 is 25.2 Å². The summed E-state index contributed by atoms with van der Waals surface area (Å²) < 4.78 is 10.4. The van der Waals surface area contributed by atoms with E-state index in [0.717, 1.165) is 25.9 Å². The highest BCUT2D eigenvalue weighted by molar-refractivity contribution is 5.85. The third-order valence-corrected chi connectivity index (χ3v) is 4.23. The van der Waals surface area contributed by atoms with E-state index in [-0.39, 0.29) is 24.9 Å². The van der Waals surface area contributed by atoms with Crippen LogP contribution in [0.4, 0.5) is 0 Å². The Morgan fingerprint density at radius 1 is 1.42 bits per heavy atom. The summed E-state index contributed by atoms with van der Waals surface area (Å²) in [7, 11) is 3.11. The number of carbonyl (C=O) groups is 1. The molecule has 0 saturated carbocycles. The number of halogens is 1. The first-order chi connectivity index (χ1) is 11.1. The van der Waals surface area contributed by atoms with Gasteiger partial charge in [-0.2, -0.15) is 0 Å². The number of carbonyl (C=O) groups excluding carboxylic acids is 1. The lowest BCUT2D eigenvalue weighted by Gasteiger charge is -2.17. The maximum absolute atomic E-state index is 11.9. The fraction of sp³-hybridized carbons (Fsp3) is 0.588. The molecule has 1 saturated heterocycles. The first kappa shape index (κ1) is 20.5. The molecule has 2 unspecified atom stereocenters. The zero-order valence-electron chi connectivity index (χ0n) is 14.2. The Morgan fingerprint density at radius 2 is 2.21 bits per heavy atom. The standard InChI is InChI=1S/C17H26N2O4.ClH/c1-22-13-4-5-16(23-2)14(9-13)15(20)11-19-17(21)6-3-12-7-8-18-10-12;/h4-5,9,12,15,18,20H,3,6-8,10-11H2,1-2H3,(H,19,21);1H. The monoisotopic (exact) mass is 358 g/mol. The minimum Gasteiger partial charge on any atom is -0.497 e. The van der Waals surface area contributed by atoms with E-state index in [9.17, 15) is 9.90 Å². The van der Waals surface area contributed by atoms with Gasteiger partial charge in [0.2, 0.25) is 5.91 Å². The van der Waals surface area contributed by atoms with E-state index in [0.29, 0.717) is 29.4 Å². The van der Waals surface area contributed by atoms with Crippen LogP contribution in [0.25, 0.3) is 0 Å². The van der Waals surface area contributed by atoms with Crippen molar-refractivity contribution in [1.82, 2.24) is 10.6 Å². The summed E-state index contributed by atoms with van der Waals surface area (Å²) in [6, 6.07) is 5.23. The molecule has 136 valence electrons. The molecule has 3 N–H and O–H groups in total. The third kappa shape index (κ3) is 5.85. The number of benzene rings is 1. The molecule has 0 bridgehead atoms. The smallest absolute Gasteiger partial charge is 0.220 e. The van der Waals surface area contributed by atoms with E-state index >= 15 is 0 Å². The lowest BCUT2D eigenvalue weighted by Crippen LogP contribution is -2.28. The summed E-state index contributed by atoms with van der Waals surface area (Å²) in [6.45, 7) is 2.20. The molecule has 24 heavy (non-hydrogen) atoms. The molecule has 1 amide bonds. The molecule has 1 fully saturated rings. The number of nitrogens with one attached hydrogen (secondary N) is 2. The second kappa shape index (κ2) is 10.4. The van der Waals surface area contributed by atoms with Crippen molar-refractivity contribution in [2.24, 2.45) is 5.92 Å². The van der Waals surface area contributed by atoms with E-state index in [2.05, 4.69) is 10.6 Å². The van der Waals surface area contributed by atoms with Gasteiger partial charge in [0.1, 0.15) is 11.5 Å². The van der Waals surface area contributed by atoms with E-state index < -0.39 is 6.10 Å². The Balaban J connectivity index is 0.00000288. The van der Waals surface area contributed by atoms with E-state index in [1.54, 1.807) is 32.4 Å². The molecule has 1 aliphatic heterocycles. The van der Waals surface area contributed by atoms with Crippen LogP contribution >= 0.6 is 12.4 Å². The average Bonchev–Trinajstić information content (AvgIpc) is 3.10. The molecule has 1 aliphatic rings. The SMILES string of the molecule is COc1ccc(OC)c(C(O)CNC(=O)CCC2CCNC2)c1.Cl. The quantitative estimate of drug-likeness (QED) is 0.658. The Bertz CT molecular complexity index is 521. The van der Waals surface area contributed by atoms with Gasteiger partial charge in [-0.15, -0.1) is 12.4 Å². The van der Waals surface area contributed by atoms with E-state index in [1.807, 2.05) is 0 Å². The van der Waals surface area contributed by atoms with Crippen molar-refractivity contribution in [2.45, 2.75) is 25.4 Å². The van der Waals surface area contributed by atoms with Gasteiger partial charge >= 0.3 is 0 Å². The molecule has 1 aromatic rings. The van der Waals surface area contributed by atoms with Crippen molar-refractivity contribution in [3.63, 3.8) is 0 Å². The van der Waals surface area contributed by atoms with Crippen LogP contribution < -0.4 is 20.1 Å². The van der Waals surface area contributed by atoms with Crippen LogP contribution in [0, 0.1) is 5.92 Å². The van der Waals surface area contributed by atoms with Crippen LogP contribution in [0.5, 0.6) is 11.5 Å². The molecule has 1 heterocycles. The number of rotatable bonds is 8. The molecule has 0 radical (unpaired) electrons. The molecule has 2 rings (SSSR count). The van der Waals surface area contributed by atoms with Crippen molar-refractivity contribution in [1.29, 1.82) is 0 Å². The maximum atomic E-state index is 11.9. The van der Waals surface area contributed by atoms with Crippen LogP contribution in [0.1, 0.15) is 30.9 Å². The number of hydrogen-bond donors (Lipinski definition) is 3. The number of amides is 1. The third-order valence-electron chi connectivity index (χ3n) is 4.23. The zero-order valence-corrected chi connectivity index (χ0v) is 15.0. The van der Waals surface area contributed by atoms with Gasteiger partial charge in [0.15, 0.2) is 0 Å². The molecule has 2 atom stereocenters. The summed E-state index contributed by atoms with van der Waals surface area (Å²) in [5.41, 5.74) is 0.604. The fourth-order valence-electron chi connectivity index (χ4n) is 2.80. The van der Waals surface area contributed by atoms with Gasteiger partial charge in [-0.05, 0) is 50.0 Å². The average molecular weight is 359 g/mol. The topological polar surface area (TPSA) is 79.8 Å². The van der Waals surface area contributed by atoms with Crippen molar-refractivity contribution >= 4 is 18.3 Å².